The van der Waals surface area contributed by atoms with Crippen LogP contribution in [-0.4, -0.2) is 47.0 Å². The van der Waals surface area contributed by atoms with Crippen LogP contribution in [0.4, 0.5) is 0 Å². The van der Waals surface area contributed by atoms with Gasteiger partial charge in [-0.2, -0.15) is 0 Å². The van der Waals surface area contributed by atoms with Crippen LogP contribution in [0.3, 0.4) is 0 Å². The van der Waals surface area contributed by atoms with Gasteiger partial charge in [0.25, 0.3) is 0 Å². The van der Waals surface area contributed by atoms with E-state index in [0.717, 1.165) is 0 Å². The van der Waals surface area contributed by atoms with E-state index in [0.29, 0.717) is 5.75 Å². The molecule has 0 aliphatic carbocycles. The van der Waals surface area contributed by atoms with Gasteiger partial charge in [0.15, 0.2) is 0 Å². The van der Waals surface area contributed by atoms with Gasteiger partial charge in [0, 0.05) is 7.11 Å². The number of sulfonamides is 1. The summed E-state index contributed by atoms with van der Waals surface area (Å²) < 4.78 is 36.0. The van der Waals surface area contributed by atoms with Gasteiger partial charge in [-0.15, -0.1) is 0 Å². The second-order valence-electron chi connectivity index (χ2n) is 3.63. The summed E-state index contributed by atoms with van der Waals surface area (Å²) in [5, 5.41) is 9.02. The number of aliphatic hydroxyl groups excluding tert-OH is 1. The Balaban J connectivity index is 2.84. The molecule has 18 heavy (non-hydrogen) atoms. The van der Waals surface area contributed by atoms with Gasteiger partial charge in [-0.05, 0) is 24.3 Å². The molecule has 2 N–H and O–H groups in total. The summed E-state index contributed by atoms with van der Waals surface area (Å²) in [7, 11) is -0.727. The van der Waals surface area contributed by atoms with E-state index in [4.69, 9.17) is 14.6 Å². The third-order valence-corrected chi connectivity index (χ3v) is 3.82. The minimum Gasteiger partial charge on any atom is -0.497 e. The van der Waals surface area contributed by atoms with Gasteiger partial charge in [-0.1, -0.05) is 0 Å². The molecule has 1 aromatic rings. The largest absolute Gasteiger partial charge is 0.497 e. The molecule has 1 aromatic carbocycles. The second-order valence-corrected chi connectivity index (χ2v) is 5.35. The summed E-state index contributed by atoms with van der Waals surface area (Å²) >= 11 is 0. The van der Waals surface area contributed by atoms with Crippen molar-refractivity contribution in [2.75, 3.05) is 27.4 Å². The molecule has 6 nitrogen and oxygen atoms in total. The molecule has 102 valence electrons. The van der Waals surface area contributed by atoms with Crippen LogP contribution in [0.5, 0.6) is 5.75 Å². The van der Waals surface area contributed by atoms with Gasteiger partial charge in [0.2, 0.25) is 10.0 Å². The maximum absolute atomic E-state index is 12.0. The molecular formula is C11H17NO5S. The molecule has 0 aliphatic rings. The second kappa shape index (κ2) is 6.69. The van der Waals surface area contributed by atoms with Crippen LogP contribution in [-0.2, 0) is 14.8 Å². The van der Waals surface area contributed by atoms with Crippen LogP contribution in [0.2, 0.25) is 0 Å². The summed E-state index contributed by atoms with van der Waals surface area (Å²) in [5.41, 5.74) is 0. The highest BCUT2D eigenvalue weighted by Crippen LogP contribution is 2.15. The van der Waals surface area contributed by atoms with Crippen molar-refractivity contribution in [3.63, 3.8) is 0 Å². The number of methoxy groups -OCH3 is 2. The van der Waals surface area contributed by atoms with Gasteiger partial charge in [0.1, 0.15) is 5.75 Å². The smallest absolute Gasteiger partial charge is 0.240 e. The zero-order chi connectivity index (χ0) is 13.6. The fourth-order valence-electron chi connectivity index (χ4n) is 1.37. The molecular weight excluding hydrogens is 258 g/mol. The fraction of sp³-hybridized carbons (Fsp3) is 0.455. The highest BCUT2D eigenvalue weighted by Gasteiger charge is 2.19. The zero-order valence-corrected chi connectivity index (χ0v) is 11.1. The van der Waals surface area contributed by atoms with Crippen molar-refractivity contribution in [2.24, 2.45) is 0 Å². The van der Waals surface area contributed by atoms with Crippen molar-refractivity contribution in [1.29, 1.82) is 0 Å². The first-order valence-corrected chi connectivity index (χ1v) is 6.78. The maximum Gasteiger partial charge on any atom is 0.240 e. The number of aliphatic hydroxyl groups is 1. The molecule has 0 saturated heterocycles. The molecule has 1 rings (SSSR count). The third-order valence-electron chi connectivity index (χ3n) is 2.28. The lowest BCUT2D eigenvalue weighted by Gasteiger charge is -2.15. The number of rotatable bonds is 7. The Morgan fingerprint density at radius 3 is 2.33 bits per heavy atom. The predicted molar refractivity (Wildman–Crippen MR) is 66.1 cm³/mol. The first-order chi connectivity index (χ1) is 8.53. The zero-order valence-electron chi connectivity index (χ0n) is 10.3. The Bertz CT molecular complexity index is 457. The lowest BCUT2D eigenvalue weighted by molar-refractivity contribution is 0.139. The molecule has 1 unspecified atom stereocenters. The molecule has 0 radical (unpaired) electrons. The summed E-state index contributed by atoms with van der Waals surface area (Å²) in [5.74, 6) is 0.574. The topological polar surface area (TPSA) is 84.9 Å². The Hall–Kier alpha value is -1.15. The SMILES string of the molecule is COCC(CO)NS(=O)(=O)c1ccc(OC)cc1. The van der Waals surface area contributed by atoms with Gasteiger partial charge < -0.3 is 14.6 Å². The van der Waals surface area contributed by atoms with Gasteiger partial charge in [0.05, 0.1) is 31.3 Å². The van der Waals surface area contributed by atoms with Crippen LogP contribution >= 0.6 is 0 Å². The number of ether oxygens (including phenoxy) is 2. The standard InChI is InChI=1S/C11H17NO5S/c1-16-8-9(7-13)12-18(14,15)11-5-3-10(17-2)4-6-11/h3-6,9,12-13H,7-8H2,1-2H3. The van der Waals surface area contributed by atoms with Gasteiger partial charge >= 0.3 is 0 Å². The van der Waals surface area contributed by atoms with Crippen molar-refractivity contribution in [1.82, 2.24) is 4.72 Å². The molecule has 0 spiro atoms. The van der Waals surface area contributed by atoms with E-state index in [1.807, 2.05) is 0 Å². The molecule has 7 heteroatoms. The Morgan fingerprint density at radius 2 is 1.89 bits per heavy atom. The van der Waals surface area contributed by atoms with E-state index >= 15 is 0 Å². The van der Waals surface area contributed by atoms with Crippen LogP contribution in [0.15, 0.2) is 29.2 Å². The predicted octanol–water partition coefficient (Wildman–Crippen LogP) is -0.0192. The third kappa shape index (κ3) is 3.95. The van der Waals surface area contributed by atoms with Gasteiger partial charge in [-0.25, -0.2) is 13.1 Å². The molecule has 1 atom stereocenters. The van der Waals surface area contributed by atoms with Crippen LogP contribution in [0.1, 0.15) is 0 Å². The van der Waals surface area contributed by atoms with E-state index in [1.165, 1.54) is 26.4 Å². The Kier molecular flexibility index (Phi) is 5.54. The fourth-order valence-corrected chi connectivity index (χ4v) is 2.58. The van der Waals surface area contributed by atoms with E-state index in [1.54, 1.807) is 12.1 Å². The van der Waals surface area contributed by atoms with Crippen molar-refractivity contribution in [2.45, 2.75) is 10.9 Å². The van der Waals surface area contributed by atoms with Gasteiger partial charge in [-0.3, -0.25) is 0 Å². The summed E-state index contributed by atoms with van der Waals surface area (Å²) in [4.78, 5) is 0.109. The molecule has 0 heterocycles. The van der Waals surface area contributed by atoms with E-state index in [9.17, 15) is 8.42 Å². The number of benzene rings is 1. The minimum atomic E-state index is -3.66. The van der Waals surface area contributed by atoms with Crippen LogP contribution < -0.4 is 9.46 Å². The Labute approximate surface area is 107 Å². The van der Waals surface area contributed by atoms with Crippen LogP contribution in [0, 0.1) is 0 Å². The lowest BCUT2D eigenvalue weighted by Crippen LogP contribution is -2.40. The van der Waals surface area contributed by atoms with Crippen molar-refractivity contribution in [3.05, 3.63) is 24.3 Å². The van der Waals surface area contributed by atoms with E-state index < -0.39 is 16.1 Å². The molecule has 0 amide bonds. The molecule has 0 fully saturated rings. The molecule has 0 bridgehead atoms. The average molecular weight is 275 g/mol. The summed E-state index contributed by atoms with van der Waals surface area (Å²) in [6.07, 6.45) is 0. The normalized spacial score (nSPS) is 13.3. The van der Waals surface area contributed by atoms with E-state index in [2.05, 4.69) is 4.72 Å². The van der Waals surface area contributed by atoms with Crippen molar-refractivity contribution < 1.29 is 23.0 Å². The molecule has 0 saturated carbocycles. The monoisotopic (exact) mass is 275 g/mol. The maximum atomic E-state index is 12.0. The van der Waals surface area contributed by atoms with Crippen molar-refractivity contribution >= 4 is 10.0 Å². The average Bonchev–Trinajstić information content (AvgIpc) is 2.38. The highest BCUT2D eigenvalue weighted by molar-refractivity contribution is 7.89. The van der Waals surface area contributed by atoms with Crippen molar-refractivity contribution in [3.8, 4) is 5.75 Å². The molecule has 0 aliphatic heterocycles. The quantitative estimate of drug-likeness (QED) is 0.730. The lowest BCUT2D eigenvalue weighted by atomic mass is 10.3. The summed E-state index contributed by atoms with van der Waals surface area (Å²) in [6, 6.07) is 5.31. The minimum absolute atomic E-state index is 0.103. The Morgan fingerprint density at radius 1 is 1.28 bits per heavy atom. The number of hydrogen-bond acceptors (Lipinski definition) is 5. The number of hydrogen-bond donors (Lipinski definition) is 2. The first kappa shape index (κ1) is 14.9. The first-order valence-electron chi connectivity index (χ1n) is 5.29. The van der Waals surface area contributed by atoms with E-state index in [-0.39, 0.29) is 18.1 Å². The highest BCUT2D eigenvalue weighted by atomic mass is 32.2. The van der Waals surface area contributed by atoms with Crippen LogP contribution in [0.25, 0.3) is 0 Å². The summed E-state index contributed by atoms with van der Waals surface area (Å²) in [6.45, 7) is -0.227. The number of nitrogens with one attached hydrogen (secondary N) is 1. The molecule has 0 aromatic heterocycles.